The summed E-state index contributed by atoms with van der Waals surface area (Å²) in [6, 6.07) is 13.2. The molecule has 0 bridgehead atoms. The zero-order chi connectivity index (χ0) is 20.1. The molecule has 146 valence electrons. The Morgan fingerprint density at radius 1 is 1.07 bits per heavy atom. The van der Waals surface area contributed by atoms with Crippen molar-refractivity contribution in [3.8, 4) is 11.3 Å². The lowest BCUT2D eigenvalue weighted by molar-refractivity contribution is 0.102. The maximum absolute atomic E-state index is 13.1. The average molecular weight is 404 g/mol. The van der Waals surface area contributed by atoms with Gasteiger partial charge in [-0.3, -0.25) is 15.1 Å². The van der Waals surface area contributed by atoms with Crippen molar-refractivity contribution in [3.63, 3.8) is 0 Å². The van der Waals surface area contributed by atoms with Crippen LogP contribution in [0.15, 0.2) is 54.9 Å². The van der Waals surface area contributed by atoms with E-state index in [1.165, 1.54) is 17.8 Å². The predicted octanol–water partition coefficient (Wildman–Crippen LogP) is 5.13. The first kappa shape index (κ1) is 19.1. The van der Waals surface area contributed by atoms with Crippen LogP contribution in [0.4, 0.5) is 5.13 Å². The van der Waals surface area contributed by atoms with Crippen molar-refractivity contribution in [3.05, 3.63) is 65.4 Å². The number of carbonyl (C=O) groups is 1. The number of rotatable bonds is 7. The molecule has 1 amide bonds. The molecule has 3 aromatic heterocycles. The van der Waals surface area contributed by atoms with Crippen LogP contribution in [-0.4, -0.2) is 26.1 Å². The number of para-hydroxylation sites is 1. The van der Waals surface area contributed by atoms with Crippen LogP contribution in [0.5, 0.6) is 0 Å². The van der Waals surface area contributed by atoms with Crippen LogP contribution in [0.2, 0.25) is 0 Å². The monoisotopic (exact) mass is 403 g/mol. The number of nitrogens with one attached hydrogen (secondary N) is 1. The molecule has 1 aromatic carbocycles. The van der Waals surface area contributed by atoms with Gasteiger partial charge < -0.3 is 0 Å². The lowest BCUT2D eigenvalue weighted by atomic mass is 10.0. The van der Waals surface area contributed by atoms with Gasteiger partial charge >= 0.3 is 0 Å². The van der Waals surface area contributed by atoms with Crippen LogP contribution in [0, 0.1) is 0 Å². The van der Waals surface area contributed by atoms with Crippen LogP contribution in [0.1, 0.15) is 41.6 Å². The lowest BCUT2D eigenvalue weighted by Crippen LogP contribution is -2.13. The molecular formula is C22H21N5OS. The summed E-state index contributed by atoms with van der Waals surface area (Å²) in [5.41, 5.74) is 2.97. The maximum atomic E-state index is 13.1. The number of hydrogen-bond donors (Lipinski definition) is 1. The Morgan fingerprint density at radius 2 is 1.90 bits per heavy atom. The van der Waals surface area contributed by atoms with E-state index in [0.717, 1.165) is 46.4 Å². The van der Waals surface area contributed by atoms with Gasteiger partial charge in [-0.1, -0.05) is 49.3 Å². The molecule has 4 aromatic rings. The highest BCUT2D eigenvalue weighted by Crippen LogP contribution is 2.26. The summed E-state index contributed by atoms with van der Waals surface area (Å²) in [4.78, 5) is 21.8. The van der Waals surface area contributed by atoms with Crippen molar-refractivity contribution in [1.82, 2.24) is 20.2 Å². The number of fused-ring (bicyclic) bond motifs is 1. The standard InChI is InChI=1S/C22H21N5OS/c1-2-3-4-9-20-26-27-22(29-20)25-21(28)17-14-19(15-10-12-23-13-11-15)24-18-8-6-5-7-16(17)18/h5-8,10-14H,2-4,9H2,1H3,(H,25,27,28). The normalized spacial score (nSPS) is 10.9. The van der Waals surface area contributed by atoms with E-state index in [2.05, 4.69) is 27.4 Å². The average Bonchev–Trinajstić information content (AvgIpc) is 3.21. The Morgan fingerprint density at radius 3 is 2.72 bits per heavy atom. The molecule has 4 rings (SSSR count). The Hall–Kier alpha value is -3.19. The maximum Gasteiger partial charge on any atom is 0.258 e. The molecule has 0 atom stereocenters. The minimum absolute atomic E-state index is 0.213. The molecule has 6 nitrogen and oxygen atoms in total. The van der Waals surface area contributed by atoms with Gasteiger partial charge in [0.25, 0.3) is 5.91 Å². The molecule has 0 aliphatic heterocycles. The molecule has 0 aliphatic carbocycles. The predicted molar refractivity (Wildman–Crippen MR) is 116 cm³/mol. The molecule has 0 radical (unpaired) electrons. The molecule has 0 spiro atoms. The molecule has 3 heterocycles. The van der Waals surface area contributed by atoms with E-state index in [4.69, 9.17) is 4.98 Å². The van der Waals surface area contributed by atoms with Crippen LogP contribution in [0.3, 0.4) is 0 Å². The zero-order valence-corrected chi connectivity index (χ0v) is 16.9. The van der Waals surface area contributed by atoms with E-state index in [1.807, 2.05) is 42.5 Å². The summed E-state index contributed by atoms with van der Waals surface area (Å²) in [7, 11) is 0. The second-order valence-electron chi connectivity index (χ2n) is 6.72. The van der Waals surface area contributed by atoms with Crippen LogP contribution >= 0.6 is 11.3 Å². The number of benzene rings is 1. The van der Waals surface area contributed by atoms with Gasteiger partial charge in [0.05, 0.1) is 16.8 Å². The highest BCUT2D eigenvalue weighted by molar-refractivity contribution is 7.15. The summed E-state index contributed by atoms with van der Waals surface area (Å²) in [6.07, 6.45) is 7.75. The first-order chi connectivity index (χ1) is 14.2. The summed E-state index contributed by atoms with van der Waals surface area (Å²) < 4.78 is 0. The van der Waals surface area contributed by atoms with Gasteiger partial charge in [-0.15, -0.1) is 10.2 Å². The molecule has 0 saturated carbocycles. The van der Waals surface area contributed by atoms with Crippen molar-refractivity contribution in [2.24, 2.45) is 0 Å². The Balaban J connectivity index is 1.63. The molecule has 7 heteroatoms. The third-order valence-corrected chi connectivity index (χ3v) is 5.52. The molecule has 1 N–H and O–H groups in total. The zero-order valence-electron chi connectivity index (χ0n) is 16.1. The molecule has 0 aliphatic rings. The molecule has 29 heavy (non-hydrogen) atoms. The number of carbonyl (C=O) groups excluding carboxylic acids is 1. The smallest absolute Gasteiger partial charge is 0.258 e. The van der Waals surface area contributed by atoms with E-state index >= 15 is 0 Å². The number of anilines is 1. The Labute approximate surface area is 173 Å². The van der Waals surface area contributed by atoms with Crippen molar-refractivity contribution >= 4 is 33.3 Å². The fraction of sp³-hybridized carbons (Fsp3) is 0.227. The number of unbranched alkanes of at least 4 members (excludes halogenated alkanes) is 2. The molecule has 0 fully saturated rings. The van der Waals surface area contributed by atoms with Gasteiger partial charge in [0.15, 0.2) is 0 Å². The highest BCUT2D eigenvalue weighted by atomic mass is 32.1. The fourth-order valence-electron chi connectivity index (χ4n) is 3.13. The third-order valence-electron chi connectivity index (χ3n) is 4.62. The van der Waals surface area contributed by atoms with Crippen molar-refractivity contribution in [2.45, 2.75) is 32.6 Å². The number of aryl methyl sites for hydroxylation is 1. The first-order valence-corrected chi connectivity index (χ1v) is 10.5. The molecular weight excluding hydrogens is 382 g/mol. The van der Waals surface area contributed by atoms with Gasteiger partial charge in [0.2, 0.25) is 5.13 Å². The minimum Gasteiger partial charge on any atom is -0.296 e. The van der Waals surface area contributed by atoms with Gasteiger partial charge in [0.1, 0.15) is 5.01 Å². The molecule has 0 unspecified atom stereocenters. The quantitative estimate of drug-likeness (QED) is 0.433. The van der Waals surface area contributed by atoms with Crippen molar-refractivity contribution in [1.29, 1.82) is 0 Å². The van der Waals surface area contributed by atoms with Gasteiger partial charge in [-0.2, -0.15) is 0 Å². The highest BCUT2D eigenvalue weighted by Gasteiger charge is 2.16. The van der Waals surface area contributed by atoms with Crippen LogP contribution < -0.4 is 5.32 Å². The van der Waals surface area contributed by atoms with Gasteiger partial charge in [-0.25, -0.2) is 4.98 Å². The van der Waals surface area contributed by atoms with Gasteiger partial charge in [0, 0.05) is 29.8 Å². The Kier molecular flexibility index (Phi) is 5.86. The summed E-state index contributed by atoms with van der Waals surface area (Å²) in [5.74, 6) is -0.213. The summed E-state index contributed by atoms with van der Waals surface area (Å²) in [5, 5.41) is 13.5. The first-order valence-electron chi connectivity index (χ1n) is 9.68. The van der Waals surface area contributed by atoms with Crippen molar-refractivity contribution in [2.75, 3.05) is 5.32 Å². The second kappa shape index (κ2) is 8.87. The number of amides is 1. The number of pyridine rings is 2. The van der Waals surface area contributed by atoms with Gasteiger partial charge in [-0.05, 0) is 30.7 Å². The number of aromatic nitrogens is 4. The van der Waals surface area contributed by atoms with Crippen molar-refractivity contribution < 1.29 is 4.79 Å². The van der Waals surface area contributed by atoms with E-state index in [1.54, 1.807) is 12.4 Å². The second-order valence-corrected chi connectivity index (χ2v) is 7.78. The third kappa shape index (κ3) is 4.46. The van der Waals surface area contributed by atoms with Crippen LogP contribution in [0.25, 0.3) is 22.2 Å². The fourth-order valence-corrected chi connectivity index (χ4v) is 3.91. The summed E-state index contributed by atoms with van der Waals surface area (Å²) >= 11 is 1.43. The van der Waals surface area contributed by atoms with E-state index < -0.39 is 0 Å². The number of nitrogens with zero attached hydrogens (tertiary/aromatic N) is 4. The largest absolute Gasteiger partial charge is 0.296 e. The van der Waals surface area contributed by atoms with E-state index in [0.29, 0.717) is 10.7 Å². The summed E-state index contributed by atoms with van der Waals surface area (Å²) in [6.45, 7) is 2.17. The van der Waals surface area contributed by atoms with E-state index in [-0.39, 0.29) is 5.91 Å². The minimum atomic E-state index is -0.213. The molecule has 0 saturated heterocycles. The lowest BCUT2D eigenvalue weighted by Gasteiger charge is -2.09. The number of hydrogen-bond acceptors (Lipinski definition) is 6. The SMILES string of the molecule is CCCCCc1nnc(NC(=O)c2cc(-c3ccncc3)nc3ccccc23)s1. The Bertz CT molecular complexity index is 1130. The van der Waals surface area contributed by atoms with E-state index in [9.17, 15) is 4.79 Å². The topological polar surface area (TPSA) is 80.7 Å². The van der Waals surface area contributed by atoms with Crippen LogP contribution in [-0.2, 0) is 6.42 Å².